The number of amides is 1. The highest BCUT2D eigenvalue weighted by Crippen LogP contribution is 2.30. The predicted molar refractivity (Wildman–Crippen MR) is 58.4 cm³/mol. The molecule has 1 unspecified atom stereocenters. The molecule has 0 radical (unpaired) electrons. The summed E-state index contributed by atoms with van der Waals surface area (Å²) in [7, 11) is 0. The van der Waals surface area contributed by atoms with Gasteiger partial charge in [0.2, 0.25) is 5.91 Å². The van der Waals surface area contributed by atoms with E-state index in [1.807, 2.05) is 6.92 Å². The van der Waals surface area contributed by atoms with Crippen molar-refractivity contribution >= 4 is 5.91 Å². The van der Waals surface area contributed by atoms with E-state index in [-0.39, 0.29) is 0 Å². The Bertz CT molecular complexity index is 368. The summed E-state index contributed by atoms with van der Waals surface area (Å²) in [5, 5.41) is 2.27. The van der Waals surface area contributed by atoms with Crippen molar-refractivity contribution in [2.75, 3.05) is 0 Å². The first-order valence-corrected chi connectivity index (χ1v) is 5.02. The molecule has 0 aliphatic heterocycles. The Morgan fingerprint density at radius 3 is 2.19 bits per heavy atom. The van der Waals surface area contributed by atoms with E-state index in [1.165, 1.54) is 6.92 Å². The molecule has 4 heteroatoms. The lowest BCUT2D eigenvalue weighted by Gasteiger charge is -2.24. The zero-order valence-electron chi connectivity index (χ0n) is 9.55. The Morgan fingerprint density at radius 1 is 1.31 bits per heavy atom. The molecular formula is C12H15F2NO. The summed E-state index contributed by atoms with van der Waals surface area (Å²) in [6.07, 6.45) is 0. The van der Waals surface area contributed by atoms with Crippen molar-refractivity contribution in [1.82, 2.24) is 5.32 Å². The molecule has 0 spiro atoms. The number of halogens is 2. The minimum Gasteiger partial charge on any atom is -0.344 e. The normalized spacial score (nSPS) is 13.3. The number of benzene rings is 1. The van der Waals surface area contributed by atoms with E-state index in [1.54, 1.807) is 24.3 Å². The number of alkyl halides is 2. The van der Waals surface area contributed by atoms with Crippen molar-refractivity contribution in [2.45, 2.75) is 32.7 Å². The van der Waals surface area contributed by atoms with Gasteiger partial charge in [-0.05, 0) is 12.5 Å². The summed E-state index contributed by atoms with van der Waals surface area (Å²) in [6.45, 7) is 3.90. The molecule has 0 bridgehead atoms. The van der Waals surface area contributed by atoms with Crippen LogP contribution < -0.4 is 5.32 Å². The van der Waals surface area contributed by atoms with Crippen molar-refractivity contribution in [3.05, 3.63) is 35.4 Å². The molecule has 1 rings (SSSR count). The van der Waals surface area contributed by atoms with Gasteiger partial charge in [-0.15, -0.1) is 0 Å². The third-order valence-corrected chi connectivity index (χ3v) is 2.27. The Morgan fingerprint density at radius 2 is 1.81 bits per heavy atom. The summed E-state index contributed by atoms with van der Waals surface area (Å²) >= 11 is 0. The Labute approximate surface area is 93.7 Å². The third kappa shape index (κ3) is 3.29. The molecule has 1 N–H and O–H groups in total. The van der Waals surface area contributed by atoms with Crippen LogP contribution in [0.5, 0.6) is 0 Å². The molecule has 1 aromatic carbocycles. The first-order chi connectivity index (χ1) is 7.30. The molecule has 0 heterocycles. The standard InChI is InChI=1S/C12H15F2NO/c1-8-4-6-10(7-5-8)11(12(3,13)14)15-9(2)16/h4-7,11H,1-3H3,(H,15,16). The number of nitrogens with one attached hydrogen (secondary N) is 1. The highest BCUT2D eigenvalue weighted by atomic mass is 19.3. The summed E-state index contributed by atoms with van der Waals surface area (Å²) in [5.41, 5.74) is 1.40. The van der Waals surface area contributed by atoms with Crippen molar-refractivity contribution in [1.29, 1.82) is 0 Å². The van der Waals surface area contributed by atoms with Gasteiger partial charge in [-0.1, -0.05) is 29.8 Å². The molecular weight excluding hydrogens is 212 g/mol. The summed E-state index contributed by atoms with van der Waals surface area (Å²) in [4.78, 5) is 10.9. The van der Waals surface area contributed by atoms with Gasteiger partial charge in [-0.25, -0.2) is 8.78 Å². The molecule has 0 fully saturated rings. The Kier molecular flexibility index (Phi) is 3.62. The second-order valence-electron chi connectivity index (χ2n) is 4.00. The van der Waals surface area contributed by atoms with Gasteiger partial charge in [0.1, 0.15) is 6.04 Å². The summed E-state index contributed by atoms with van der Waals surface area (Å²) in [6, 6.07) is 5.43. The average molecular weight is 227 g/mol. The monoisotopic (exact) mass is 227 g/mol. The van der Waals surface area contributed by atoms with Gasteiger partial charge in [0, 0.05) is 13.8 Å². The lowest BCUT2D eigenvalue weighted by Crippen LogP contribution is -2.37. The van der Waals surface area contributed by atoms with Gasteiger partial charge in [0.05, 0.1) is 0 Å². The van der Waals surface area contributed by atoms with Gasteiger partial charge >= 0.3 is 0 Å². The molecule has 1 aromatic rings. The third-order valence-electron chi connectivity index (χ3n) is 2.27. The zero-order valence-corrected chi connectivity index (χ0v) is 9.55. The van der Waals surface area contributed by atoms with E-state index >= 15 is 0 Å². The van der Waals surface area contributed by atoms with E-state index in [4.69, 9.17) is 0 Å². The highest BCUT2D eigenvalue weighted by Gasteiger charge is 2.35. The maximum Gasteiger partial charge on any atom is 0.269 e. The molecule has 0 saturated heterocycles. The molecule has 0 aliphatic carbocycles. The van der Waals surface area contributed by atoms with E-state index < -0.39 is 17.9 Å². The number of rotatable bonds is 3. The van der Waals surface area contributed by atoms with Gasteiger partial charge in [0.25, 0.3) is 5.92 Å². The topological polar surface area (TPSA) is 29.1 Å². The maximum absolute atomic E-state index is 13.3. The van der Waals surface area contributed by atoms with Crippen LogP contribution in [0.25, 0.3) is 0 Å². The first kappa shape index (κ1) is 12.6. The number of aryl methyl sites for hydroxylation is 1. The first-order valence-electron chi connectivity index (χ1n) is 5.02. The fraction of sp³-hybridized carbons (Fsp3) is 0.417. The van der Waals surface area contributed by atoms with E-state index in [9.17, 15) is 13.6 Å². The highest BCUT2D eigenvalue weighted by molar-refractivity contribution is 5.73. The number of carbonyl (C=O) groups is 1. The molecule has 0 aromatic heterocycles. The molecule has 1 amide bonds. The zero-order chi connectivity index (χ0) is 12.3. The SMILES string of the molecule is CC(=O)NC(c1ccc(C)cc1)C(C)(F)F. The van der Waals surface area contributed by atoms with Crippen LogP contribution in [0.15, 0.2) is 24.3 Å². The smallest absolute Gasteiger partial charge is 0.269 e. The Hall–Kier alpha value is -1.45. The van der Waals surface area contributed by atoms with Crippen LogP contribution in [-0.2, 0) is 4.79 Å². The molecule has 0 saturated carbocycles. The van der Waals surface area contributed by atoms with E-state index in [0.29, 0.717) is 5.56 Å². The number of hydrogen-bond donors (Lipinski definition) is 1. The Balaban J connectivity index is 3.01. The lowest BCUT2D eigenvalue weighted by molar-refractivity contribution is -0.123. The molecule has 88 valence electrons. The van der Waals surface area contributed by atoms with E-state index in [0.717, 1.165) is 12.5 Å². The number of carbonyl (C=O) groups excluding carboxylic acids is 1. The van der Waals surface area contributed by atoms with Crippen LogP contribution in [0.4, 0.5) is 8.78 Å². The summed E-state index contributed by atoms with van der Waals surface area (Å²) < 4.78 is 26.6. The van der Waals surface area contributed by atoms with Crippen molar-refractivity contribution in [3.63, 3.8) is 0 Å². The van der Waals surface area contributed by atoms with Gasteiger partial charge in [0.15, 0.2) is 0 Å². The van der Waals surface area contributed by atoms with E-state index in [2.05, 4.69) is 5.32 Å². The quantitative estimate of drug-likeness (QED) is 0.845. The fourth-order valence-corrected chi connectivity index (χ4v) is 1.46. The second-order valence-corrected chi connectivity index (χ2v) is 4.00. The van der Waals surface area contributed by atoms with Crippen molar-refractivity contribution in [2.24, 2.45) is 0 Å². The number of hydrogen-bond acceptors (Lipinski definition) is 1. The molecule has 1 atom stereocenters. The van der Waals surface area contributed by atoms with Crippen LogP contribution in [0, 0.1) is 6.92 Å². The largest absolute Gasteiger partial charge is 0.344 e. The van der Waals surface area contributed by atoms with Crippen molar-refractivity contribution < 1.29 is 13.6 Å². The average Bonchev–Trinajstić information content (AvgIpc) is 2.14. The van der Waals surface area contributed by atoms with Crippen molar-refractivity contribution in [3.8, 4) is 0 Å². The van der Waals surface area contributed by atoms with Gasteiger partial charge < -0.3 is 5.32 Å². The van der Waals surface area contributed by atoms with Gasteiger partial charge in [-0.3, -0.25) is 4.79 Å². The predicted octanol–water partition coefficient (Wildman–Crippen LogP) is 2.83. The van der Waals surface area contributed by atoms with Gasteiger partial charge in [-0.2, -0.15) is 0 Å². The van der Waals surface area contributed by atoms with Crippen LogP contribution in [0.3, 0.4) is 0 Å². The fourth-order valence-electron chi connectivity index (χ4n) is 1.46. The molecule has 0 aliphatic rings. The van der Waals surface area contributed by atoms with Crippen LogP contribution in [0.1, 0.15) is 31.0 Å². The summed E-state index contributed by atoms with van der Waals surface area (Å²) in [5.74, 6) is -3.45. The van der Waals surface area contributed by atoms with Crippen LogP contribution in [0.2, 0.25) is 0 Å². The van der Waals surface area contributed by atoms with Crippen LogP contribution >= 0.6 is 0 Å². The van der Waals surface area contributed by atoms with Crippen LogP contribution in [-0.4, -0.2) is 11.8 Å². The maximum atomic E-state index is 13.3. The molecule has 2 nitrogen and oxygen atoms in total. The second kappa shape index (κ2) is 4.60. The lowest BCUT2D eigenvalue weighted by atomic mass is 10.0. The minimum atomic E-state index is -2.99. The minimum absolute atomic E-state index is 0.410. The molecule has 16 heavy (non-hydrogen) atoms.